The van der Waals surface area contributed by atoms with E-state index in [0.29, 0.717) is 27.9 Å². The Labute approximate surface area is 400 Å². The summed E-state index contributed by atoms with van der Waals surface area (Å²) in [7, 11) is 0. The summed E-state index contributed by atoms with van der Waals surface area (Å²) in [5, 5.41) is 8.75. The van der Waals surface area contributed by atoms with E-state index in [1.54, 1.807) is 60.8 Å². The van der Waals surface area contributed by atoms with Crippen molar-refractivity contribution in [3.05, 3.63) is 214 Å². The van der Waals surface area contributed by atoms with Gasteiger partial charge in [-0.05, 0) is 120 Å². The van der Waals surface area contributed by atoms with Crippen molar-refractivity contribution in [2.45, 2.75) is 52.7 Å². The lowest BCUT2D eigenvalue weighted by Gasteiger charge is -2.16. The Morgan fingerprint density at radius 2 is 0.971 bits per heavy atom. The van der Waals surface area contributed by atoms with Gasteiger partial charge in [0.15, 0.2) is 0 Å². The summed E-state index contributed by atoms with van der Waals surface area (Å²) in [6.07, 6.45) is 3.21. The zero-order valence-electron chi connectivity index (χ0n) is 41.3. The zero-order chi connectivity index (χ0) is 50.8. The van der Waals surface area contributed by atoms with Crippen molar-refractivity contribution in [2.75, 3.05) is 23.7 Å². The van der Waals surface area contributed by atoms with Crippen LogP contribution in [-0.2, 0) is 32.3 Å². The van der Waals surface area contributed by atoms with E-state index in [9.17, 15) is 19.2 Å². The second-order valence-corrected chi connectivity index (χ2v) is 16.5. The summed E-state index contributed by atoms with van der Waals surface area (Å²) in [4.78, 5) is 58.7. The molecule has 68 heavy (non-hydrogen) atoms. The smallest absolute Gasteiger partial charge is 0.338 e. The first-order valence-corrected chi connectivity index (χ1v) is 22.0. The normalized spacial score (nSPS) is 12.4. The summed E-state index contributed by atoms with van der Waals surface area (Å²) in [6, 6.07) is 38.0. The minimum Gasteiger partial charge on any atom is -0.457 e. The van der Waals surface area contributed by atoms with Crippen molar-refractivity contribution in [1.82, 2.24) is 9.97 Å². The number of hydrogen-bond acceptors (Lipinski definition) is 10. The molecule has 0 saturated heterocycles. The monoisotopic (exact) mass is 909 g/mol. The van der Waals surface area contributed by atoms with Crippen molar-refractivity contribution in [1.29, 1.82) is 0 Å². The van der Waals surface area contributed by atoms with Crippen LogP contribution in [-0.4, -0.2) is 46.8 Å². The number of aromatic nitrogens is 2. The lowest BCUT2D eigenvalue weighted by atomic mass is 9.97. The Bertz CT molecular complexity index is 3260. The van der Waals surface area contributed by atoms with Crippen LogP contribution in [0.15, 0.2) is 158 Å². The molecule has 0 aliphatic carbocycles. The maximum atomic E-state index is 13.0. The number of rotatable bonds is 14. The van der Waals surface area contributed by atoms with Gasteiger partial charge in [0, 0.05) is 60.0 Å². The third kappa shape index (κ3) is 12.2. The Hall–Kier alpha value is -8.06. The van der Waals surface area contributed by atoms with Gasteiger partial charge in [-0.3, -0.25) is 19.6 Å². The van der Waals surface area contributed by atoms with Crippen LogP contribution in [0.2, 0.25) is 0 Å². The molecule has 0 aliphatic heterocycles. The van der Waals surface area contributed by atoms with Gasteiger partial charge in [-0.2, -0.15) is 0 Å². The number of amides is 2. The van der Waals surface area contributed by atoms with E-state index in [1.165, 1.54) is 6.20 Å². The molecule has 8 rings (SSSR count). The number of anilines is 2. The molecule has 2 aromatic heterocycles. The van der Waals surface area contributed by atoms with Crippen molar-refractivity contribution >= 4 is 56.7 Å². The number of nitrogens with two attached hydrogens (primary N) is 2. The van der Waals surface area contributed by atoms with Crippen molar-refractivity contribution in [2.24, 2.45) is 11.5 Å². The predicted octanol–water partition coefficient (Wildman–Crippen LogP) is 9.78. The third-order valence-electron chi connectivity index (χ3n) is 11.4. The lowest BCUT2D eigenvalue weighted by Crippen LogP contribution is -2.27. The van der Waals surface area contributed by atoms with Gasteiger partial charge < -0.3 is 31.6 Å². The third-order valence-corrected chi connectivity index (χ3v) is 11.4. The van der Waals surface area contributed by atoms with Crippen LogP contribution in [0.1, 0.15) is 81.2 Å². The number of carbonyl (C=O) groups excluding carboxylic acids is 4. The van der Waals surface area contributed by atoms with E-state index in [1.807, 2.05) is 100 Å². The fourth-order valence-electron chi connectivity index (χ4n) is 7.64. The molecule has 6 N–H and O–H groups in total. The SMILES string of the molecule is [2H]c1cc2cc(NC(=O)[C@H](CN)c3ccc(COC(=O)c4ccc(C)cc4C)cc3)ccc2cn1.[2H]c1ncc2ccc(NC(=O)[C@H](CN)c3ccc(COC(=O)c4ccc(C)cc4C)cc3)cc2c1[2H]. The molecule has 0 saturated carbocycles. The number of hydrogen-bond donors (Lipinski definition) is 4. The number of carbonyl (C=O) groups is 4. The number of aryl methyl sites for hydroxylation is 4. The molecule has 0 spiro atoms. The van der Waals surface area contributed by atoms with Crippen LogP contribution in [0.3, 0.4) is 0 Å². The first kappa shape index (κ1) is 43.8. The van der Waals surface area contributed by atoms with E-state index in [0.717, 1.165) is 60.7 Å². The second-order valence-electron chi connectivity index (χ2n) is 16.5. The number of fused-ring (bicyclic) bond motifs is 2. The molecule has 2 atom stereocenters. The van der Waals surface area contributed by atoms with Gasteiger partial charge in [-0.1, -0.05) is 96.1 Å². The molecule has 12 nitrogen and oxygen atoms in total. The van der Waals surface area contributed by atoms with Gasteiger partial charge in [-0.15, -0.1) is 0 Å². The molecule has 0 bridgehead atoms. The second kappa shape index (κ2) is 22.4. The molecule has 0 unspecified atom stereocenters. The van der Waals surface area contributed by atoms with Crippen LogP contribution in [0, 0.1) is 27.7 Å². The largest absolute Gasteiger partial charge is 0.457 e. The molecular weight excluding hydrogens is 853 g/mol. The summed E-state index contributed by atoms with van der Waals surface area (Å²) >= 11 is 0. The van der Waals surface area contributed by atoms with Gasteiger partial charge >= 0.3 is 11.9 Å². The molecule has 2 amide bonds. The molecule has 0 aliphatic rings. The molecular formula is C56H54N6O6. The summed E-state index contributed by atoms with van der Waals surface area (Å²) in [6.45, 7) is 8.21. The number of ether oxygens (including phenoxy) is 2. The van der Waals surface area contributed by atoms with E-state index < -0.39 is 11.8 Å². The van der Waals surface area contributed by atoms with Crippen LogP contribution in [0.25, 0.3) is 21.5 Å². The average Bonchev–Trinajstić information content (AvgIpc) is 3.35. The van der Waals surface area contributed by atoms with Crippen molar-refractivity contribution < 1.29 is 32.8 Å². The molecule has 6 aromatic carbocycles. The fraction of sp³-hybridized carbons (Fsp3) is 0.179. The highest BCUT2D eigenvalue weighted by Gasteiger charge is 2.21. The standard InChI is InChI=1S/2C28H27N3O3/c2*1-18-3-10-25(19(2)13-18)28(33)34-17-20-4-6-21(7-5-20)26(15-29)27(32)31-24-9-8-23-16-30-12-11-22(23)14-24/h2*3-14,16,26H,15,17,29H2,1-2H3,(H,31,32)/t2*26-/m11/s1/i11D,12D;12D. The summed E-state index contributed by atoms with van der Waals surface area (Å²) < 4.78 is 34.4. The highest BCUT2D eigenvalue weighted by atomic mass is 16.5. The van der Waals surface area contributed by atoms with Gasteiger partial charge in [0.05, 0.1) is 27.1 Å². The molecule has 2 heterocycles. The number of esters is 2. The summed E-state index contributed by atoms with van der Waals surface area (Å²) in [5.74, 6) is -2.38. The number of nitrogens with one attached hydrogen (secondary N) is 2. The van der Waals surface area contributed by atoms with Gasteiger partial charge in [0.25, 0.3) is 0 Å². The molecule has 8 aromatic rings. The summed E-state index contributed by atoms with van der Waals surface area (Å²) in [5.41, 5.74) is 21.1. The maximum absolute atomic E-state index is 13.0. The molecule has 0 radical (unpaired) electrons. The zero-order valence-corrected chi connectivity index (χ0v) is 38.3. The maximum Gasteiger partial charge on any atom is 0.338 e. The van der Waals surface area contributed by atoms with Crippen LogP contribution in [0.5, 0.6) is 0 Å². The highest BCUT2D eigenvalue weighted by molar-refractivity contribution is 5.99. The minimum atomic E-state index is -0.591. The van der Waals surface area contributed by atoms with E-state index >= 15 is 0 Å². The Balaban J connectivity index is 0.000000209. The van der Waals surface area contributed by atoms with E-state index in [-0.39, 0.29) is 68.4 Å². The average molecular weight is 910 g/mol. The Morgan fingerprint density at radius 3 is 1.43 bits per heavy atom. The first-order chi connectivity index (χ1) is 34.1. The van der Waals surface area contributed by atoms with Crippen molar-refractivity contribution in [3.63, 3.8) is 0 Å². The lowest BCUT2D eigenvalue weighted by molar-refractivity contribution is -0.118. The Morgan fingerprint density at radius 1 is 0.529 bits per heavy atom. The molecule has 344 valence electrons. The van der Waals surface area contributed by atoms with Crippen LogP contribution >= 0.6 is 0 Å². The van der Waals surface area contributed by atoms with Gasteiger partial charge in [-0.25, -0.2) is 9.59 Å². The molecule has 12 heteroatoms. The highest BCUT2D eigenvalue weighted by Crippen LogP contribution is 2.25. The number of pyridine rings is 2. The quantitative estimate of drug-likeness (QED) is 0.0765. The fourth-order valence-corrected chi connectivity index (χ4v) is 7.64. The van der Waals surface area contributed by atoms with Crippen molar-refractivity contribution in [3.8, 4) is 0 Å². The van der Waals surface area contributed by atoms with Crippen LogP contribution < -0.4 is 22.1 Å². The topological polar surface area (TPSA) is 189 Å². The number of benzene rings is 6. The van der Waals surface area contributed by atoms with Gasteiger partial charge in [0.2, 0.25) is 11.8 Å². The van der Waals surface area contributed by atoms with Crippen LogP contribution in [0.4, 0.5) is 11.4 Å². The first-order valence-electron chi connectivity index (χ1n) is 23.5. The predicted molar refractivity (Wildman–Crippen MR) is 267 cm³/mol. The van der Waals surface area contributed by atoms with E-state index in [4.69, 9.17) is 25.1 Å². The van der Waals surface area contributed by atoms with E-state index in [2.05, 4.69) is 20.6 Å². The molecule has 0 fully saturated rings. The number of nitrogens with zero attached hydrogens (tertiary/aromatic N) is 2. The minimum absolute atomic E-state index is 0.00722. The Kier molecular flexibility index (Phi) is 14.4. The van der Waals surface area contributed by atoms with Gasteiger partial charge in [0.1, 0.15) is 13.2 Å².